The van der Waals surface area contributed by atoms with Crippen molar-refractivity contribution in [3.63, 3.8) is 0 Å². The number of hydrogen-bond donors (Lipinski definition) is 2. The second-order valence-electron chi connectivity index (χ2n) is 14.5. The van der Waals surface area contributed by atoms with Crippen LogP contribution < -0.4 is 10.2 Å². The van der Waals surface area contributed by atoms with Gasteiger partial charge in [0.05, 0.1) is 30.9 Å². The number of aliphatic hydroxyl groups is 1. The lowest BCUT2D eigenvalue weighted by Gasteiger charge is -2.34. The standard InChI is InChI=1S/C37H44N6O9/c1-36(2,3)51-34(48)43(35(49)52-37(4,5)6)22-26-18-27(11-10-25(26)21-39)40-31(45)29(44)30-33(47)42(16-17-50-30)28-9-7-8-24(19-28)32(46)41-14-12-23(20-38)13-15-41/h7-11,18-19,23,29-30,44H,12-17,22H2,1-6H3,(H,40,45)/t29-,30-/m1/s1. The molecule has 276 valence electrons. The van der Waals surface area contributed by atoms with E-state index < -0.39 is 54.0 Å². The summed E-state index contributed by atoms with van der Waals surface area (Å²) in [4.78, 5) is 69.9. The van der Waals surface area contributed by atoms with E-state index in [4.69, 9.17) is 14.2 Å². The molecule has 4 rings (SSSR count). The molecular formula is C37H44N6O9. The Kier molecular flexibility index (Phi) is 12.3. The molecule has 0 unspecified atom stereocenters. The highest BCUT2D eigenvalue weighted by atomic mass is 16.6. The zero-order valence-electron chi connectivity index (χ0n) is 30.2. The SMILES string of the molecule is CC(C)(C)OC(=O)N(Cc1cc(NC(=O)[C@H](O)[C@H]2OCCN(c3cccc(C(=O)N4CCC(C#N)CC4)c3)C2=O)ccc1C#N)C(=O)OC(C)(C)C. The Labute approximate surface area is 302 Å². The minimum absolute atomic E-state index is 0.00717. The molecule has 2 aliphatic rings. The monoisotopic (exact) mass is 716 g/mol. The number of nitrogens with zero attached hydrogens (tertiary/aromatic N) is 5. The third-order valence-electron chi connectivity index (χ3n) is 8.10. The molecule has 15 nitrogen and oxygen atoms in total. The summed E-state index contributed by atoms with van der Waals surface area (Å²) < 4.78 is 16.3. The van der Waals surface area contributed by atoms with Crippen molar-refractivity contribution in [1.29, 1.82) is 10.5 Å². The number of piperidine rings is 1. The van der Waals surface area contributed by atoms with E-state index in [0.29, 0.717) is 42.1 Å². The van der Waals surface area contributed by atoms with Gasteiger partial charge in [0.1, 0.15) is 11.2 Å². The van der Waals surface area contributed by atoms with E-state index >= 15 is 0 Å². The molecular weight excluding hydrogens is 672 g/mol. The number of benzene rings is 2. The molecule has 0 saturated carbocycles. The van der Waals surface area contributed by atoms with E-state index in [1.807, 2.05) is 6.07 Å². The lowest BCUT2D eigenvalue weighted by atomic mass is 9.98. The number of imide groups is 1. The van der Waals surface area contributed by atoms with Crippen molar-refractivity contribution in [1.82, 2.24) is 9.80 Å². The topological polar surface area (TPSA) is 203 Å². The Balaban J connectivity index is 1.49. The predicted octanol–water partition coefficient (Wildman–Crippen LogP) is 4.34. The maximum atomic E-state index is 13.6. The van der Waals surface area contributed by atoms with Crippen LogP contribution in [0.2, 0.25) is 0 Å². The Morgan fingerprint density at radius 2 is 1.62 bits per heavy atom. The Morgan fingerprint density at radius 3 is 2.19 bits per heavy atom. The normalized spacial score (nSPS) is 17.3. The predicted molar refractivity (Wildman–Crippen MR) is 187 cm³/mol. The minimum Gasteiger partial charge on any atom is -0.443 e. The quantitative estimate of drug-likeness (QED) is 0.413. The van der Waals surface area contributed by atoms with Crippen LogP contribution in [0.3, 0.4) is 0 Å². The molecule has 2 aliphatic heterocycles. The van der Waals surface area contributed by atoms with E-state index in [1.54, 1.807) is 70.7 Å². The summed E-state index contributed by atoms with van der Waals surface area (Å²) in [5, 5.41) is 32.5. The van der Waals surface area contributed by atoms with Crippen molar-refractivity contribution in [2.24, 2.45) is 5.92 Å². The summed E-state index contributed by atoms with van der Waals surface area (Å²) in [6, 6.07) is 14.8. The second kappa shape index (κ2) is 16.2. The number of likely N-dealkylation sites (tertiary alicyclic amines) is 1. The van der Waals surface area contributed by atoms with Crippen LogP contribution in [-0.2, 0) is 30.3 Å². The third kappa shape index (κ3) is 10.1. The van der Waals surface area contributed by atoms with Crippen molar-refractivity contribution in [3.05, 3.63) is 59.2 Å². The minimum atomic E-state index is -1.96. The molecule has 2 heterocycles. The average molecular weight is 717 g/mol. The van der Waals surface area contributed by atoms with Crippen LogP contribution in [0.5, 0.6) is 0 Å². The number of nitrogens with one attached hydrogen (secondary N) is 1. The largest absolute Gasteiger partial charge is 0.443 e. The smallest absolute Gasteiger partial charge is 0.420 e. The van der Waals surface area contributed by atoms with Gasteiger partial charge in [-0.25, -0.2) is 14.5 Å². The fraction of sp³-hybridized carbons (Fsp3) is 0.486. The number of hydrogen-bond acceptors (Lipinski definition) is 11. The molecule has 2 N–H and O–H groups in total. The third-order valence-corrected chi connectivity index (χ3v) is 8.10. The number of rotatable bonds is 7. The van der Waals surface area contributed by atoms with Gasteiger partial charge in [0.2, 0.25) is 0 Å². The fourth-order valence-electron chi connectivity index (χ4n) is 5.56. The van der Waals surface area contributed by atoms with Gasteiger partial charge in [-0.05, 0) is 96.3 Å². The molecule has 0 bridgehead atoms. The van der Waals surface area contributed by atoms with Crippen LogP contribution in [-0.4, -0.2) is 94.5 Å². The van der Waals surface area contributed by atoms with Crippen molar-refractivity contribution >= 4 is 41.3 Å². The van der Waals surface area contributed by atoms with Crippen LogP contribution in [0.1, 0.15) is 75.9 Å². The Hall–Kier alpha value is -5.51. The highest BCUT2D eigenvalue weighted by Gasteiger charge is 2.40. The number of nitriles is 2. The second-order valence-corrected chi connectivity index (χ2v) is 14.5. The lowest BCUT2D eigenvalue weighted by molar-refractivity contribution is -0.150. The molecule has 2 aromatic carbocycles. The summed E-state index contributed by atoms with van der Waals surface area (Å²) >= 11 is 0. The highest BCUT2D eigenvalue weighted by molar-refractivity contribution is 6.04. The van der Waals surface area contributed by atoms with Gasteiger partial charge in [-0.3, -0.25) is 14.4 Å². The maximum absolute atomic E-state index is 13.6. The summed E-state index contributed by atoms with van der Waals surface area (Å²) in [5.41, 5.74) is -0.818. The van der Waals surface area contributed by atoms with Gasteiger partial charge in [-0.1, -0.05) is 6.07 Å². The van der Waals surface area contributed by atoms with Gasteiger partial charge >= 0.3 is 12.2 Å². The first-order chi connectivity index (χ1) is 24.4. The molecule has 0 aliphatic carbocycles. The van der Waals surface area contributed by atoms with E-state index in [0.717, 1.165) is 0 Å². The summed E-state index contributed by atoms with van der Waals surface area (Å²) in [5.74, 6) is -1.99. The van der Waals surface area contributed by atoms with Gasteiger partial charge in [0.25, 0.3) is 17.7 Å². The summed E-state index contributed by atoms with van der Waals surface area (Å²) in [6.07, 6.45) is -4.38. The number of carbonyl (C=O) groups excluding carboxylic acids is 5. The maximum Gasteiger partial charge on any atom is 0.420 e. The number of carbonyl (C=O) groups is 5. The molecule has 0 aromatic heterocycles. The molecule has 2 atom stereocenters. The zero-order valence-corrected chi connectivity index (χ0v) is 30.2. The van der Waals surface area contributed by atoms with Crippen LogP contribution in [0, 0.1) is 28.6 Å². The fourth-order valence-corrected chi connectivity index (χ4v) is 5.56. The van der Waals surface area contributed by atoms with Gasteiger partial charge < -0.3 is 34.4 Å². The molecule has 52 heavy (non-hydrogen) atoms. The van der Waals surface area contributed by atoms with Gasteiger partial charge in [-0.2, -0.15) is 10.5 Å². The summed E-state index contributed by atoms with van der Waals surface area (Å²) in [7, 11) is 0. The summed E-state index contributed by atoms with van der Waals surface area (Å²) in [6.45, 7) is 10.3. The average Bonchev–Trinajstić information content (AvgIpc) is 3.08. The number of amides is 5. The molecule has 5 amide bonds. The van der Waals surface area contributed by atoms with Crippen molar-refractivity contribution in [3.8, 4) is 12.1 Å². The Morgan fingerprint density at radius 1 is 0.981 bits per heavy atom. The van der Waals surface area contributed by atoms with Crippen LogP contribution in [0.15, 0.2) is 42.5 Å². The van der Waals surface area contributed by atoms with E-state index in [1.165, 1.54) is 23.1 Å². The van der Waals surface area contributed by atoms with Gasteiger partial charge in [0, 0.05) is 42.5 Å². The van der Waals surface area contributed by atoms with E-state index in [-0.39, 0.29) is 41.8 Å². The zero-order chi connectivity index (χ0) is 38.4. The van der Waals surface area contributed by atoms with Crippen LogP contribution in [0.4, 0.5) is 21.0 Å². The number of aliphatic hydroxyl groups excluding tert-OH is 1. The van der Waals surface area contributed by atoms with Crippen molar-refractivity contribution < 1.29 is 43.3 Å². The lowest BCUT2D eigenvalue weighted by Crippen LogP contribution is -2.55. The molecule has 0 spiro atoms. The number of ether oxygens (including phenoxy) is 3. The first kappa shape index (κ1) is 39.3. The molecule has 2 aromatic rings. The van der Waals surface area contributed by atoms with Gasteiger partial charge in [0.15, 0.2) is 12.2 Å². The van der Waals surface area contributed by atoms with Crippen LogP contribution in [0.25, 0.3) is 0 Å². The highest BCUT2D eigenvalue weighted by Crippen LogP contribution is 2.26. The van der Waals surface area contributed by atoms with Crippen molar-refractivity contribution in [2.45, 2.75) is 84.3 Å². The van der Waals surface area contributed by atoms with Crippen LogP contribution >= 0.6 is 0 Å². The molecule has 0 radical (unpaired) electrons. The van der Waals surface area contributed by atoms with E-state index in [9.17, 15) is 39.6 Å². The number of morpholine rings is 1. The first-order valence-electron chi connectivity index (χ1n) is 16.9. The van der Waals surface area contributed by atoms with Gasteiger partial charge in [-0.15, -0.1) is 0 Å². The molecule has 2 fully saturated rings. The molecule has 15 heteroatoms. The first-order valence-corrected chi connectivity index (χ1v) is 16.9. The van der Waals surface area contributed by atoms with E-state index in [2.05, 4.69) is 11.4 Å². The van der Waals surface area contributed by atoms with Crippen molar-refractivity contribution in [2.75, 3.05) is 36.5 Å². The number of anilines is 2. The molecule has 2 saturated heterocycles. The Bertz CT molecular complexity index is 1750.